The van der Waals surface area contributed by atoms with Gasteiger partial charge in [-0.1, -0.05) is 0 Å². The van der Waals surface area contributed by atoms with Gasteiger partial charge in [-0.3, -0.25) is 4.79 Å². The zero-order valence-corrected chi connectivity index (χ0v) is 7.78. The van der Waals surface area contributed by atoms with Crippen LogP contribution in [0.5, 0.6) is 0 Å². The van der Waals surface area contributed by atoms with Gasteiger partial charge < -0.3 is 10.0 Å². The predicted molar refractivity (Wildman–Crippen MR) is 48.3 cm³/mol. The molecule has 0 aliphatic carbocycles. The van der Waals surface area contributed by atoms with E-state index in [2.05, 4.69) is 0 Å². The van der Waals surface area contributed by atoms with E-state index in [0.29, 0.717) is 0 Å². The first-order chi connectivity index (χ1) is 7.08. The van der Waals surface area contributed by atoms with Gasteiger partial charge >= 0.3 is 0 Å². The summed E-state index contributed by atoms with van der Waals surface area (Å²) >= 11 is 0. The first-order valence-corrected chi connectivity index (χ1v) is 4.50. The second-order valence-corrected chi connectivity index (χ2v) is 3.49. The third-order valence-electron chi connectivity index (χ3n) is 2.32. The molecule has 0 aromatic heterocycles. The van der Waals surface area contributed by atoms with Gasteiger partial charge in [0.1, 0.15) is 0 Å². The topological polar surface area (TPSA) is 40.5 Å². The zero-order chi connectivity index (χ0) is 11.0. The summed E-state index contributed by atoms with van der Waals surface area (Å²) in [5, 5.41) is 8.98. The van der Waals surface area contributed by atoms with Crippen molar-refractivity contribution in [2.75, 3.05) is 13.1 Å². The Kier molecular flexibility index (Phi) is 2.40. The number of amides is 1. The molecule has 1 saturated heterocycles. The molecule has 1 aliphatic rings. The van der Waals surface area contributed by atoms with Crippen molar-refractivity contribution in [3.05, 3.63) is 35.4 Å². The molecule has 1 heterocycles. The van der Waals surface area contributed by atoms with Crippen LogP contribution in [0.2, 0.25) is 0 Å². The van der Waals surface area contributed by atoms with E-state index in [-0.39, 0.29) is 24.6 Å². The average Bonchev–Trinajstić information content (AvgIpc) is 2.16. The average molecular weight is 213 g/mol. The number of hydrogen-bond donors (Lipinski definition) is 1. The van der Waals surface area contributed by atoms with Crippen LogP contribution in [-0.2, 0) is 0 Å². The molecule has 80 valence electrons. The molecule has 0 saturated carbocycles. The Hall–Kier alpha value is -1.49. The van der Waals surface area contributed by atoms with Crippen molar-refractivity contribution in [3.8, 4) is 0 Å². The Morgan fingerprint density at radius 1 is 1.33 bits per heavy atom. The molecule has 0 unspecified atom stereocenters. The molecule has 0 spiro atoms. The third kappa shape index (κ3) is 1.83. The van der Waals surface area contributed by atoms with E-state index in [0.717, 1.165) is 12.1 Å². The van der Waals surface area contributed by atoms with Gasteiger partial charge in [-0.15, -0.1) is 0 Å². The SMILES string of the molecule is O=C(c1ccc(F)c(F)c1)N1CC(O)C1. The Labute approximate surface area is 84.9 Å². The molecule has 5 heteroatoms. The molecular weight excluding hydrogens is 204 g/mol. The number of benzene rings is 1. The number of aliphatic hydroxyl groups is 1. The van der Waals surface area contributed by atoms with Crippen LogP contribution in [0.25, 0.3) is 0 Å². The van der Waals surface area contributed by atoms with Crippen molar-refractivity contribution in [2.45, 2.75) is 6.10 Å². The zero-order valence-electron chi connectivity index (χ0n) is 7.78. The fourth-order valence-electron chi connectivity index (χ4n) is 1.43. The Morgan fingerprint density at radius 2 is 2.00 bits per heavy atom. The Morgan fingerprint density at radius 3 is 2.53 bits per heavy atom. The summed E-state index contributed by atoms with van der Waals surface area (Å²) < 4.78 is 25.4. The maximum absolute atomic E-state index is 12.8. The normalized spacial score (nSPS) is 16.3. The lowest BCUT2D eigenvalue weighted by Crippen LogP contribution is -2.53. The molecule has 1 aromatic carbocycles. The highest BCUT2D eigenvalue weighted by atomic mass is 19.2. The first-order valence-electron chi connectivity index (χ1n) is 4.50. The molecule has 3 nitrogen and oxygen atoms in total. The van der Waals surface area contributed by atoms with Crippen LogP contribution in [0, 0.1) is 11.6 Å². The maximum Gasteiger partial charge on any atom is 0.254 e. The monoisotopic (exact) mass is 213 g/mol. The Balaban J connectivity index is 2.16. The van der Waals surface area contributed by atoms with E-state index in [9.17, 15) is 13.6 Å². The smallest absolute Gasteiger partial charge is 0.254 e. The number of carbonyl (C=O) groups excluding carboxylic acids is 1. The highest BCUT2D eigenvalue weighted by molar-refractivity contribution is 5.94. The number of halogens is 2. The van der Waals surface area contributed by atoms with Gasteiger partial charge in [0.15, 0.2) is 11.6 Å². The van der Waals surface area contributed by atoms with Crippen molar-refractivity contribution in [3.63, 3.8) is 0 Å². The molecule has 2 rings (SSSR count). The van der Waals surface area contributed by atoms with Crippen LogP contribution in [0.4, 0.5) is 8.78 Å². The molecule has 1 amide bonds. The van der Waals surface area contributed by atoms with Gasteiger partial charge in [-0.2, -0.15) is 0 Å². The van der Waals surface area contributed by atoms with E-state index >= 15 is 0 Å². The van der Waals surface area contributed by atoms with Crippen molar-refractivity contribution in [1.82, 2.24) is 4.90 Å². The van der Waals surface area contributed by atoms with Gasteiger partial charge in [0.05, 0.1) is 6.10 Å². The van der Waals surface area contributed by atoms with Crippen molar-refractivity contribution < 1.29 is 18.7 Å². The number of hydrogen-bond acceptors (Lipinski definition) is 2. The number of rotatable bonds is 1. The van der Waals surface area contributed by atoms with E-state index in [1.54, 1.807) is 0 Å². The Bertz CT molecular complexity index is 402. The molecule has 1 aliphatic heterocycles. The predicted octanol–water partition coefficient (Wildman–Crippen LogP) is 0.782. The van der Waals surface area contributed by atoms with E-state index in [1.807, 2.05) is 0 Å². The fourth-order valence-corrected chi connectivity index (χ4v) is 1.43. The molecule has 1 N–H and O–H groups in total. The summed E-state index contributed by atoms with van der Waals surface area (Å²) in [5.74, 6) is -2.41. The number of likely N-dealkylation sites (tertiary alicyclic amines) is 1. The highest BCUT2D eigenvalue weighted by Crippen LogP contribution is 2.15. The molecular formula is C10H9F2NO2. The van der Waals surface area contributed by atoms with Gasteiger partial charge in [0, 0.05) is 18.7 Å². The van der Waals surface area contributed by atoms with Gasteiger partial charge in [0.2, 0.25) is 0 Å². The summed E-state index contributed by atoms with van der Waals surface area (Å²) in [7, 11) is 0. The minimum atomic E-state index is -1.04. The second-order valence-electron chi connectivity index (χ2n) is 3.49. The second kappa shape index (κ2) is 3.58. The van der Waals surface area contributed by atoms with Crippen LogP contribution in [0.1, 0.15) is 10.4 Å². The summed E-state index contributed by atoms with van der Waals surface area (Å²) in [5.41, 5.74) is 0.0980. The van der Waals surface area contributed by atoms with Crippen molar-refractivity contribution in [1.29, 1.82) is 0 Å². The lowest BCUT2D eigenvalue weighted by atomic mass is 10.1. The summed E-state index contributed by atoms with van der Waals surface area (Å²) in [6.07, 6.45) is -0.501. The summed E-state index contributed by atoms with van der Waals surface area (Å²) in [6, 6.07) is 3.01. The van der Waals surface area contributed by atoms with Gasteiger partial charge in [0.25, 0.3) is 5.91 Å². The third-order valence-corrected chi connectivity index (χ3v) is 2.32. The number of aliphatic hydroxyl groups excluding tert-OH is 1. The molecule has 0 bridgehead atoms. The van der Waals surface area contributed by atoms with Gasteiger partial charge in [-0.25, -0.2) is 8.78 Å². The fraction of sp³-hybridized carbons (Fsp3) is 0.300. The first kappa shape index (κ1) is 10.0. The van der Waals surface area contributed by atoms with E-state index in [4.69, 9.17) is 5.11 Å². The number of carbonyl (C=O) groups is 1. The standard InChI is InChI=1S/C10H9F2NO2/c11-8-2-1-6(3-9(8)12)10(15)13-4-7(14)5-13/h1-3,7,14H,4-5H2. The van der Waals surface area contributed by atoms with Crippen LogP contribution >= 0.6 is 0 Å². The minimum absolute atomic E-state index is 0.0980. The molecule has 1 aromatic rings. The lowest BCUT2D eigenvalue weighted by Gasteiger charge is -2.35. The van der Waals surface area contributed by atoms with Crippen LogP contribution in [0.3, 0.4) is 0 Å². The molecule has 15 heavy (non-hydrogen) atoms. The maximum atomic E-state index is 12.8. The largest absolute Gasteiger partial charge is 0.389 e. The highest BCUT2D eigenvalue weighted by Gasteiger charge is 2.29. The van der Waals surface area contributed by atoms with Crippen molar-refractivity contribution in [2.24, 2.45) is 0 Å². The van der Waals surface area contributed by atoms with Crippen LogP contribution in [-0.4, -0.2) is 35.1 Å². The minimum Gasteiger partial charge on any atom is -0.389 e. The molecule has 1 fully saturated rings. The van der Waals surface area contributed by atoms with E-state index in [1.165, 1.54) is 11.0 Å². The number of β-amino-alcohol motifs (C(OH)–C–C–N with tert-alkyl or cyclic N) is 1. The summed E-state index contributed by atoms with van der Waals surface area (Å²) in [4.78, 5) is 12.9. The molecule has 0 atom stereocenters. The van der Waals surface area contributed by atoms with Gasteiger partial charge in [-0.05, 0) is 18.2 Å². The number of nitrogens with zero attached hydrogens (tertiary/aromatic N) is 1. The van der Waals surface area contributed by atoms with Crippen LogP contribution in [0.15, 0.2) is 18.2 Å². The van der Waals surface area contributed by atoms with Crippen LogP contribution < -0.4 is 0 Å². The molecule has 0 radical (unpaired) electrons. The summed E-state index contributed by atoms with van der Waals surface area (Å²) in [6.45, 7) is 0.496. The lowest BCUT2D eigenvalue weighted by molar-refractivity contribution is 0.00586. The quantitative estimate of drug-likeness (QED) is 0.749. The van der Waals surface area contributed by atoms with Crippen molar-refractivity contribution >= 4 is 5.91 Å². The van der Waals surface area contributed by atoms with E-state index < -0.39 is 17.7 Å².